The molecule has 0 aliphatic heterocycles. The number of aromatic nitrogens is 2. The van der Waals surface area contributed by atoms with Crippen molar-refractivity contribution in [1.29, 1.82) is 0 Å². The van der Waals surface area contributed by atoms with Crippen LogP contribution in [-0.4, -0.2) is 21.1 Å². The molecule has 0 unspecified atom stereocenters. The maximum Gasteiger partial charge on any atom is 0.237 e. The minimum atomic E-state index is -0.247. The third-order valence-corrected chi connectivity index (χ3v) is 5.74. The first kappa shape index (κ1) is 16.9. The summed E-state index contributed by atoms with van der Waals surface area (Å²) in [5.74, 6) is -0.0166. The molecule has 0 aliphatic rings. The second-order valence-corrected chi connectivity index (χ2v) is 8.07. The molecule has 3 aromatic rings. The van der Waals surface area contributed by atoms with E-state index in [2.05, 4.69) is 34.3 Å². The number of anilines is 1. The van der Waals surface area contributed by atoms with Crippen molar-refractivity contribution in [2.24, 2.45) is 0 Å². The Morgan fingerprint density at radius 2 is 1.92 bits per heavy atom. The fraction of sp³-hybridized carbons (Fsp3) is 0.278. The summed E-state index contributed by atoms with van der Waals surface area (Å²) in [4.78, 5) is 22.1. The highest BCUT2D eigenvalue weighted by atomic mass is 32.2. The first-order chi connectivity index (χ1) is 11.5. The second kappa shape index (κ2) is 6.91. The predicted molar refractivity (Wildman–Crippen MR) is 102 cm³/mol. The van der Waals surface area contributed by atoms with Gasteiger partial charge < -0.3 is 5.32 Å². The van der Waals surface area contributed by atoms with Gasteiger partial charge in [0.2, 0.25) is 5.91 Å². The van der Waals surface area contributed by atoms with Crippen LogP contribution in [0.3, 0.4) is 0 Å². The van der Waals surface area contributed by atoms with Gasteiger partial charge in [-0.15, -0.1) is 11.3 Å². The monoisotopic (exact) mass is 357 g/mol. The minimum Gasteiger partial charge on any atom is -0.325 e. The average Bonchev–Trinajstić information content (AvgIpc) is 3.00. The molecule has 2 aromatic heterocycles. The van der Waals surface area contributed by atoms with E-state index in [4.69, 9.17) is 0 Å². The molecule has 0 aliphatic carbocycles. The number of nitrogens with one attached hydrogen (secondary N) is 1. The molecule has 4 nitrogen and oxygen atoms in total. The van der Waals surface area contributed by atoms with E-state index < -0.39 is 0 Å². The van der Waals surface area contributed by atoms with Gasteiger partial charge in [-0.05, 0) is 50.3 Å². The Labute approximate surface area is 149 Å². The van der Waals surface area contributed by atoms with Gasteiger partial charge >= 0.3 is 0 Å². The number of rotatable bonds is 4. The lowest BCUT2D eigenvalue weighted by atomic mass is 10.1. The number of benzene rings is 1. The largest absolute Gasteiger partial charge is 0.325 e. The number of hydrogen-bond donors (Lipinski definition) is 1. The molecule has 2 heterocycles. The molecule has 0 saturated carbocycles. The van der Waals surface area contributed by atoms with E-state index in [0.717, 1.165) is 32.1 Å². The van der Waals surface area contributed by atoms with Gasteiger partial charge in [0, 0.05) is 11.1 Å². The van der Waals surface area contributed by atoms with Crippen LogP contribution in [0.25, 0.3) is 10.2 Å². The van der Waals surface area contributed by atoms with E-state index in [9.17, 15) is 4.79 Å². The quantitative estimate of drug-likeness (QED) is 0.541. The Hall–Kier alpha value is -1.92. The number of nitrogens with zero attached hydrogens (tertiary/aromatic N) is 2. The fourth-order valence-corrected chi connectivity index (χ4v) is 4.38. The zero-order valence-corrected chi connectivity index (χ0v) is 15.7. The summed E-state index contributed by atoms with van der Waals surface area (Å²) in [5.41, 5.74) is 4.27. The molecule has 3 rings (SSSR count). The molecule has 0 saturated heterocycles. The minimum absolute atomic E-state index is 0.0166. The van der Waals surface area contributed by atoms with Crippen LogP contribution in [0.2, 0.25) is 0 Å². The first-order valence-corrected chi connectivity index (χ1v) is 9.45. The highest BCUT2D eigenvalue weighted by Gasteiger charge is 2.18. The van der Waals surface area contributed by atoms with Crippen LogP contribution < -0.4 is 5.32 Å². The lowest BCUT2D eigenvalue weighted by molar-refractivity contribution is -0.115. The third-order valence-electron chi connectivity index (χ3n) is 3.81. The number of fused-ring (bicyclic) bond motifs is 1. The highest BCUT2D eigenvalue weighted by molar-refractivity contribution is 8.00. The van der Waals surface area contributed by atoms with Crippen molar-refractivity contribution >= 4 is 44.9 Å². The summed E-state index contributed by atoms with van der Waals surface area (Å²) in [7, 11) is 0. The molecule has 1 atom stereocenters. The van der Waals surface area contributed by atoms with Crippen LogP contribution in [0.15, 0.2) is 34.9 Å². The summed E-state index contributed by atoms with van der Waals surface area (Å²) in [6.45, 7) is 8.00. The molecule has 1 aromatic carbocycles. The molecule has 0 fully saturated rings. The van der Waals surface area contributed by atoms with Crippen molar-refractivity contribution < 1.29 is 4.79 Å². The van der Waals surface area contributed by atoms with Crippen molar-refractivity contribution in [1.82, 2.24) is 9.97 Å². The van der Waals surface area contributed by atoms with E-state index >= 15 is 0 Å². The Balaban J connectivity index is 1.77. The van der Waals surface area contributed by atoms with Crippen molar-refractivity contribution in [3.05, 3.63) is 46.6 Å². The van der Waals surface area contributed by atoms with Crippen LogP contribution in [0.1, 0.15) is 23.6 Å². The van der Waals surface area contributed by atoms with Gasteiger partial charge in [0.1, 0.15) is 16.2 Å². The van der Waals surface area contributed by atoms with Gasteiger partial charge in [-0.25, -0.2) is 9.97 Å². The number of hydrogen-bond acceptors (Lipinski definition) is 5. The molecule has 24 heavy (non-hydrogen) atoms. The lowest BCUT2D eigenvalue weighted by Crippen LogP contribution is -2.23. The van der Waals surface area contributed by atoms with Crippen molar-refractivity contribution in [2.75, 3.05) is 5.32 Å². The van der Waals surface area contributed by atoms with Gasteiger partial charge in [-0.2, -0.15) is 0 Å². The standard InChI is InChI=1S/C18H19N3OS2/c1-10-7-11(2)15(12(3)8-10)21-16(22)13(4)24-18-14-5-6-23-17(14)19-9-20-18/h5-9,13H,1-4H3,(H,21,22)/t13-/m1/s1. The van der Waals surface area contributed by atoms with Crippen molar-refractivity contribution in [3.63, 3.8) is 0 Å². The summed E-state index contributed by atoms with van der Waals surface area (Å²) in [5, 5.41) is 6.67. The van der Waals surface area contributed by atoms with Crippen LogP contribution in [-0.2, 0) is 4.79 Å². The van der Waals surface area contributed by atoms with Gasteiger partial charge in [0.25, 0.3) is 0 Å². The molecular formula is C18H19N3OS2. The van der Waals surface area contributed by atoms with Gasteiger partial charge in [0.05, 0.1) is 5.25 Å². The topological polar surface area (TPSA) is 54.9 Å². The van der Waals surface area contributed by atoms with Crippen LogP contribution in [0.4, 0.5) is 5.69 Å². The first-order valence-electron chi connectivity index (χ1n) is 7.69. The number of amides is 1. The zero-order chi connectivity index (χ0) is 17.3. The van der Waals surface area contributed by atoms with Gasteiger partial charge in [-0.1, -0.05) is 29.5 Å². The number of aryl methyl sites for hydroxylation is 3. The predicted octanol–water partition coefficient (Wildman–Crippen LogP) is 4.74. The summed E-state index contributed by atoms with van der Waals surface area (Å²) in [6, 6.07) is 6.17. The van der Waals surface area contributed by atoms with Crippen molar-refractivity contribution in [2.45, 2.75) is 38.0 Å². The Bertz CT molecular complexity index is 881. The van der Waals surface area contributed by atoms with Crippen molar-refractivity contribution in [3.8, 4) is 0 Å². The molecule has 1 amide bonds. The SMILES string of the molecule is Cc1cc(C)c(NC(=O)[C@@H](C)Sc2ncnc3sccc23)c(C)c1. The van der Waals surface area contributed by atoms with Crippen LogP contribution in [0, 0.1) is 20.8 Å². The average molecular weight is 358 g/mol. The molecule has 1 N–H and O–H groups in total. The highest BCUT2D eigenvalue weighted by Crippen LogP contribution is 2.31. The number of thiophene rings is 1. The molecule has 124 valence electrons. The van der Waals surface area contributed by atoms with E-state index in [-0.39, 0.29) is 11.2 Å². The normalized spacial score (nSPS) is 12.3. The van der Waals surface area contributed by atoms with E-state index in [0.29, 0.717) is 0 Å². The van der Waals surface area contributed by atoms with Crippen LogP contribution >= 0.6 is 23.1 Å². The van der Waals surface area contributed by atoms with E-state index in [1.54, 1.807) is 17.7 Å². The number of carbonyl (C=O) groups excluding carboxylic acids is 1. The Morgan fingerprint density at radius 3 is 2.62 bits per heavy atom. The van der Waals surface area contributed by atoms with E-state index in [1.165, 1.54) is 17.3 Å². The van der Waals surface area contributed by atoms with Gasteiger partial charge in [0.15, 0.2) is 0 Å². The number of carbonyl (C=O) groups is 1. The number of thioether (sulfide) groups is 1. The van der Waals surface area contributed by atoms with E-state index in [1.807, 2.05) is 32.2 Å². The van der Waals surface area contributed by atoms with Crippen LogP contribution in [0.5, 0.6) is 0 Å². The maximum absolute atomic E-state index is 12.6. The molecule has 0 radical (unpaired) electrons. The molecule has 0 spiro atoms. The lowest BCUT2D eigenvalue weighted by Gasteiger charge is -2.16. The molecule has 6 heteroatoms. The summed E-state index contributed by atoms with van der Waals surface area (Å²) < 4.78 is 0. The van der Waals surface area contributed by atoms with Gasteiger partial charge in [-0.3, -0.25) is 4.79 Å². The maximum atomic E-state index is 12.6. The fourth-order valence-electron chi connectivity index (χ4n) is 2.68. The second-order valence-electron chi connectivity index (χ2n) is 5.84. The molecular weight excluding hydrogens is 338 g/mol. The Morgan fingerprint density at radius 1 is 1.21 bits per heavy atom. The zero-order valence-electron chi connectivity index (χ0n) is 14.1. The Kier molecular flexibility index (Phi) is 4.87. The summed E-state index contributed by atoms with van der Waals surface area (Å²) in [6.07, 6.45) is 1.56. The molecule has 0 bridgehead atoms. The summed E-state index contributed by atoms with van der Waals surface area (Å²) >= 11 is 3.04. The third kappa shape index (κ3) is 3.44. The smallest absolute Gasteiger partial charge is 0.237 e.